The van der Waals surface area contributed by atoms with E-state index in [1.54, 1.807) is 29.5 Å². The van der Waals surface area contributed by atoms with Crippen LogP contribution >= 0.6 is 11.3 Å². The maximum Gasteiger partial charge on any atom is 0.247 e. The van der Waals surface area contributed by atoms with Gasteiger partial charge < -0.3 is 15.2 Å². The fourth-order valence-corrected chi connectivity index (χ4v) is 7.61. The molecule has 2 atom stereocenters. The fourth-order valence-electron chi connectivity index (χ4n) is 5.10. The lowest BCUT2D eigenvalue weighted by molar-refractivity contribution is -0.127. The van der Waals surface area contributed by atoms with Crippen LogP contribution in [0.1, 0.15) is 30.6 Å². The molecule has 1 spiro atoms. The maximum atomic E-state index is 13.4. The molecule has 0 bridgehead atoms. The first-order chi connectivity index (χ1) is 15.9. The number of nitrogens with one attached hydrogen (secondary N) is 1. The van der Waals surface area contributed by atoms with E-state index in [0.717, 1.165) is 36.8 Å². The standard InChI is InChI=1S/C23H29N3O5S2/c27-17-14-19-22(28)24-23(7-10-25(11-8-23)16-18-4-3-13-32-18)9-12-31-20-5-1-2-6-21(20)33(29,30)26(19)15-17/h1-6,13,17,19,27H,7-12,14-16H2,(H,24,28)/t17-,19+/m1/s1. The average Bonchev–Trinajstić information content (AvgIpc) is 3.45. The number of amides is 1. The maximum absolute atomic E-state index is 13.4. The van der Waals surface area contributed by atoms with E-state index < -0.39 is 27.7 Å². The molecule has 178 valence electrons. The predicted octanol–water partition coefficient (Wildman–Crippen LogP) is 1.81. The van der Waals surface area contributed by atoms with Crippen molar-refractivity contribution in [3.8, 4) is 5.75 Å². The number of carbonyl (C=O) groups excluding carboxylic acids is 1. The molecule has 2 N–H and O–H groups in total. The van der Waals surface area contributed by atoms with Crippen LogP contribution < -0.4 is 10.1 Å². The summed E-state index contributed by atoms with van der Waals surface area (Å²) < 4.78 is 34.0. The van der Waals surface area contributed by atoms with Crippen LogP contribution in [0.3, 0.4) is 0 Å². The Morgan fingerprint density at radius 1 is 1.15 bits per heavy atom. The second-order valence-electron chi connectivity index (χ2n) is 9.15. The Bertz CT molecular complexity index is 1100. The number of hydrogen-bond donors (Lipinski definition) is 2. The van der Waals surface area contributed by atoms with Gasteiger partial charge in [-0.25, -0.2) is 8.42 Å². The number of nitrogens with zero attached hydrogens (tertiary/aromatic N) is 2. The van der Waals surface area contributed by atoms with Crippen molar-refractivity contribution in [2.75, 3.05) is 26.2 Å². The number of carbonyl (C=O) groups is 1. The molecular formula is C23H29N3O5S2. The summed E-state index contributed by atoms with van der Waals surface area (Å²) in [7, 11) is -4.00. The highest BCUT2D eigenvalue weighted by atomic mass is 32.2. The largest absolute Gasteiger partial charge is 0.492 e. The van der Waals surface area contributed by atoms with Gasteiger partial charge in [0.2, 0.25) is 15.9 Å². The molecule has 3 aliphatic rings. The van der Waals surface area contributed by atoms with E-state index in [4.69, 9.17) is 4.74 Å². The van der Waals surface area contributed by atoms with Crippen molar-refractivity contribution in [3.05, 3.63) is 46.7 Å². The van der Waals surface area contributed by atoms with Gasteiger partial charge in [-0.3, -0.25) is 9.69 Å². The van der Waals surface area contributed by atoms with Gasteiger partial charge in [0.05, 0.1) is 12.7 Å². The Balaban J connectivity index is 1.41. The zero-order chi connectivity index (χ0) is 23.1. The first kappa shape index (κ1) is 22.8. The molecule has 5 rings (SSSR count). The number of para-hydroxylation sites is 1. The lowest BCUT2D eigenvalue weighted by Crippen LogP contribution is -2.59. The number of benzene rings is 1. The lowest BCUT2D eigenvalue weighted by Gasteiger charge is -2.43. The Morgan fingerprint density at radius 3 is 2.70 bits per heavy atom. The molecule has 2 aromatic rings. The van der Waals surface area contributed by atoms with Crippen molar-refractivity contribution in [1.29, 1.82) is 0 Å². The molecular weight excluding hydrogens is 462 g/mol. The van der Waals surface area contributed by atoms with Crippen LogP contribution in [0.15, 0.2) is 46.7 Å². The highest BCUT2D eigenvalue weighted by molar-refractivity contribution is 7.89. The quantitative estimate of drug-likeness (QED) is 0.665. The van der Waals surface area contributed by atoms with Crippen molar-refractivity contribution in [2.45, 2.75) is 54.8 Å². The molecule has 3 aliphatic heterocycles. The molecule has 10 heteroatoms. The van der Waals surface area contributed by atoms with E-state index in [0.29, 0.717) is 13.0 Å². The van der Waals surface area contributed by atoms with Crippen LogP contribution in [-0.2, 0) is 21.4 Å². The zero-order valence-corrected chi connectivity index (χ0v) is 20.0. The molecule has 33 heavy (non-hydrogen) atoms. The van der Waals surface area contributed by atoms with Crippen LogP contribution in [0.4, 0.5) is 0 Å². The number of piperidine rings is 1. The summed E-state index contributed by atoms with van der Waals surface area (Å²) in [6, 6.07) is 9.80. The van der Waals surface area contributed by atoms with Gasteiger partial charge >= 0.3 is 0 Å². The molecule has 4 heterocycles. The predicted molar refractivity (Wildman–Crippen MR) is 125 cm³/mol. The van der Waals surface area contributed by atoms with Gasteiger partial charge in [-0.05, 0) is 36.4 Å². The molecule has 0 unspecified atom stereocenters. The Labute approximate surface area is 198 Å². The van der Waals surface area contributed by atoms with Crippen LogP contribution in [0.25, 0.3) is 0 Å². The average molecular weight is 492 g/mol. The van der Waals surface area contributed by atoms with Crippen LogP contribution in [0.2, 0.25) is 0 Å². The minimum Gasteiger partial charge on any atom is -0.492 e. The molecule has 0 radical (unpaired) electrons. The third-order valence-corrected chi connectivity index (χ3v) is 9.75. The topological polar surface area (TPSA) is 99.2 Å². The van der Waals surface area contributed by atoms with E-state index in [-0.39, 0.29) is 29.5 Å². The lowest BCUT2D eigenvalue weighted by atomic mass is 9.84. The first-order valence-corrected chi connectivity index (χ1v) is 13.7. The Hall–Kier alpha value is -1.98. The summed E-state index contributed by atoms with van der Waals surface area (Å²) in [5.74, 6) is -0.0431. The molecule has 2 saturated heterocycles. The fraction of sp³-hybridized carbons (Fsp3) is 0.522. The summed E-state index contributed by atoms with van der Waals surface area (Å²) in [5, 5.41) is 15.6. The van der Waals surface area contributed by atoms with E-state index in [1.807, 2.05) is 0 Å². The van der Waals surface area contributed by atoms with Crippen LogP contribution in [0, 0.1) is 0 Å². The number of aliphatic hydroxyl groups is 1. The SMILES string of the molecule is O=C1NC2(CCOc3ccccc3S(=O)(=O)N3C[C@H](O)C[C@@H]13)CCN(Cc1cccs1)CC2. The number of fused-ring (bicyclic) bond motifs is 2. The van der Waals surface area contributed by atoms with Crippen molar-refractivity contribution in [2.24, 2.45) is 0 Å². The van der Waals surface area contributed by atoms with Crippen molar-refractivity contribution < 1.29 is 23.1 Å². The van der Waals surface area contributed by atoms with E-state index in [9.17, 15) is 18.3 Å². The van der Waals surface area contributed by atoms with Gasteiger partial charge in [0.15, 0.2) is 0 Å². The molecule has 1 aromatic heterocycles. The first-order valence-electron chi connectivity index (χ1n) is 11.3. The van der Waals surface area contributed by atoms with Gasteiger partial charge in [-0.1, -0.05) is 18.2 Å². The summed E-state index contributed by atoms with van der Waals surface area (Å²) in [6.07, 6.45) is 1.33. The van der Waals surface area contributed by atoms with Crippen molar-refractivity contribution in [3.63, 3.8) is 0 Å². The number of thiophene rings is 1. The summed E-state index contributed by atoms with van der Waals surface area (Å²) in [5.41, 5.74) is -0.467. The molecule has 1 amide bonds. The zero-order valence-electron chi connectivity index (χ0n) is 18.4. The minimum absolute atomic E-state index is 0.0404. The second kappa shape index (κ2) is 8.99. The number of ether oxygens (including phenoxy) is 1. The van der Waals surface area contributed by atoms with Crippen molar-refractivity contribution in [1.82, 2.24) is 14.5 Å². The normalized spacial score (nSPS) is 27.7. The van der Waals surface area contributed by atoms with Gasteiger partial charge in [-0.15, -0.1) is 11.3 Å². The summed E-state index contributed by atoms with van der Waals surface area (Å²) in [6.45, 7) is 2.78. The van der Waals surface area contributed by atoms with Crippen LogP contribution in [-0.4, -0.2) is 72.6 Å². The minimum atomic E-state index is -4.00. The number of rotatable bonds is 2. The van der Waals surface area contributed by atoms with Crippen LogP contribution in [0.5, 0.6) is 5.75 Å². The van der Waals surface area contributed by atoms with Crippen molar-refractivity contribution >= 4 is 27.3 Å². The monoisotopic (exact) mass is 491 g/mol. The van der Waals surface area contributed by atoms with Gasteiger partial charge in [0.1, 0.15) is 16.7 Å². The molecule has 0 saturated carbocycles. The number of hydrogen-bond acceptors (Lipinski definition) is 7. The number of likely N-dealkylation sites (tertiary alicyclic amines) is 1. The third kappa shape index (κ3) is 4.54. The Kier molecular flexibility index (Phi) is 6.21. The van der Waals surface area contributed by atoms with E-state index in [1.165, 1.54) is 10.9 Å². The third-order valence-electron chi connectivity index (χ3n) is 6.97. The van der Waals surface area contributed by atoms with E-state index in [2.05, 4.69) is 27.7 Å². The molecule has 1 aromatic carbocycles. The highest BCUT2D eigenvalue weighted by Gasteiger charge is 2.47. The second-order valence-corrected chi connectivity index (χ2v) is 12.0. The van der Waals surface area contributed by atoms with Gasteiger partial charge in [-0.2, -0.15) is 4.31 Å². The Morgan fingerprint density at radius 2 is 1.94 bits per heavy atom. The number of sulfonamides is 1. The van der Waals surface area contributed by atoms with Gasteiger partial charge in [0.25, 0.3) is 0 Å². The van der Waals surface area contributed by atoms with Gasteiger partial charge in [0, 0.05) is 49.4 Å². The number of aliphatic hydroxyl groups excluding tert-OH is 1. The molecule has 0 aliphatic carbocycles. The highest BCUT2D eigenvalue weighted by Crippen LogP contribution is 2.35. The smallest absolute Gasteiger partial charge is 0.247 e. The van der Waals surface area contributed by atoms with E-state index >= 15 is 0 Å². The molecule has 2 fully saturated rings. The summed E-state index contributed by atoms with van der Waals surface area (Å²) >= 11 is 1.74. The summed E-state index contributed by atoms with van der Waals surface area (Å²) in [4.78, 5) is 17.1. The molecule has 8 nitrogen and oxygen atoms in total.